The molecule has 0 aromatic heterocycles. The topological polar surface area (TPSA) is 9.23 Å². The average Bonchev–Trinajstić information content (AvgIpc) is 2.20. The first kappa shape index (κ1) is 11.4. The lowest BCUT2D eigenvalue weighted by molar-refractivity contribution is 0.294. The van der Waals surface area contributed by atoms with Crippen LogP contribution in [-0.4, -0.2) is 18.6 Å². The fourth-order valence-corrected chi connectivity index (χ4v) is 1.59. The Balaban J connectivity index is 2.21. The molecule has 1 aromatic rings. The van der Waals surface area contributed by atoms with Gasteiger partial charge in [0.05, 0.1) is 6.61 Å². The third-order valence-corrected chi connectivity index (χ3v) is 2.53. The van der Waals surface area contributed by atoms with E-state index in [4.69, 9.17) is 4.74 Å². The number of halogens is 1. The van der Waals surface area contributed by atoms with E-state index in [0.29, 0.717) is 12.4 Å². The van der Waals surface area contributed by atoms with Crippen LogP contribution in [0.4, 0.5) is 4.39 Å². The van der Waals surface area contributed by atoms with Crippen LogP contribution in [0.15, 0.2) is 24.3 Å². The Morgan fingerprint density at radius 3 is 2.79 bits per heavy atom. The molecule has 78 valence electrons. The summed E-state index contributed by atoms with van der Waals surface area (Å²) in [7, 11) is 0. The van der Waals surface area contributed by atoms with Gasteiger partial charge in [0.1, 0.15) is 0 Å². The third-order valence-electron chi connectivity index (χ3n) is 1.84. The fourth-order valence-electron chi connectivity index (χ4n) is 1.09. The summed E-state index contributed by atoms with van der Waals surface area (Å²) in [6, 6.07) is 6.51. The summed E-state index contributed by atoms with van der Waals surface area (Å²) in [4.78, 5) is 0. The van der Waals surface area contributed by atoms with Gasteiger partial charge in [-0.1, -0.05) is 12.1 Å². The molecule has 0 bridgehead atoms. The summed E-state index contributed by atoms with van der Waals surface area (Å²) in [5, 5.41) is 0. The molecular formula is C11H15FOS. The van der Waals surface area contributed by atoms with Gasteiger partial charge in [0.2, 0.25) is 0 Å². The Hall–Kier alpha value is -0.700. The number of hydrogen-bond acceptors (Lipinski definition) is 2. The number of rotatable bonds is 6. The van der Waals surface area contributed by atoms with Crippen molar-refractivity contribution in [2.75, 3.05) is 18.6 Å². The van der Waals surface area contributed by atoms with E-state index in [1.165, 1.54) is 6.07 Å². The van der Waals surface area contributed by atoms with Crippen molar-refractivity contribution in [2.24, 2.45) is 0 Å². The Morgan fingerprint density at radius 1 is 1.29 bits per heavy atom. The zero-order valence-electron chi connectivity index (χ0n) is 8.33. The van der Waals surface area contributed by atoms with Gasteiger partial charge in [0.25, 0.3) is 0 Å². The molecule has 1 nitrogen and oxygen atoms in total. The summed E-state index contributed by atoms with van der Waals surface area (Å²) in [6.07, 6.45) is 4.18. The van der Waals surface area contributed by atoms with Gasteiger partial charge in [-0.2, -0.15) is 11.8 Å². The van der Waals surface area contributed by atoms with E-state index in [2.05, 4.69) is 6.26 Å². The molecule has 1 rings (SSSR count). The molecule has 14 heavy (non-hydrogen) atoms. The second kappa shape index (κ2) is 6.71. The minimum Gasteiger partial charge on any atom is -0.491 e. The van der Waals surface area contributed by atoms with Crippen molar-refractivity contribution in [1.29, 1.82) is 0 Å². The van der Waals surface area contributed by atoms with Crippen LogP contribution in [0.1, 0.15) is 12.8 Å². The van der Waals surface area contributed by atoms with Gasteiger partial charge < -0.3 is 4.74 Å². The van der Waals surface area contributed by atoms with Gasteiger partial charge in [-0.3, -0.25) is 0 Å². The van der Waals surface area contributed by atoms with Crippen molar-refractivity contribution in [3.05, 3.63) is 30.1 Å². The van der Waals surface area contributed by atoms with Gasteiger partial charge in [-0.25, -0.2) is 4.39 Å². The molecule has 0 aliphatic rings. The molecule has 0 heterocycles. The molecular weight excluding hydrogens is 199 g/mol. The van der Waals surface area contributed by atoms with Gasteiger partial charge >= 0.3 is 0 Å². The van der Waals surface area contributed by atoms with Crippen molar-refractivity contribution < 1.29 is 9.13 Å². The predicted octanol–water partition coefficient (Wildman–Crippen LogP) is 3.35. The van der Waals surface area contributed by atoms with Crippen molar-refractivity contribution in [2.45, 2.75) is 12.8 Å². The van der Waals surface area contributed by atoms with Crippen LogP contribution < -0.4 is 4.74 Å². The second-order valence-electron chi connectivity index (χ2n) is 2.98. The Labute approximate surface area is 88.7 Å². The zero-order chi connectivity index (χ0) is 10.2. The number of benzene rings is 1. The molecule has 0 spiro atoms. The molecule has 3 heteroatoms. The number of para-hydroxylation sites is 1. The first-order valence-corrected chi connectivity index (χ1v) is 6.10. The van der Waals surface area contributed by atoms with E-state index in [9.17, 15) is 4.39 Å². The molecule has 0 aliphatic heterocycles. The SMILES string of the molecule is CSCCCCOc1ccccc1F. The van der Waals surface area contributed by atoms with Crippen LogP contribution in [0.2, 0.25) is 0 Å². The highest BCUT2D eigenvalue weighted by Gasteiger charge is 1.99. The summed E-state index contributed by atoms with van der Waals surface area (Å²) in [6.45, 7) is 0.599. The van der Waals surface area contributed by atoms with E-state index in [1.807, 2.05) is 11.8 Å². The summed E-state index contributed by atoms with van der Waals surface area (Å²) < 4.78 is 18.3. The molecule has 0 amide bonds. The molecule has 1 aromatic carbocycles. The smallest absolute Gasteiger partial charge is 0.165 e. The Kier molecular flexibility index (Phi) is 5.45. The lowest BCUT2D eigenvalue weighted by Gasteiger charge is -2.05. The highest BCUT2D eigenvalue weighted by molar-refractivity contribution is 7.98. The van der Waals surface area contributed by atoms with Crippen LogP contribution in [0.25, 0.3) is 0 Å². The minimum atomic E-state index is -0.280. The Morgan fingerprint density at radius 2 is 2.07 bits per heavy atom. The molecule has 0 saturated heterocycles. The van der Waals surface area contributed by atoms with Gasteiger partial charge in [0.15, 0.2) is 11.6 Å². The zero-order valence-corrected chi connectivity index (χ0v) is 9.15. The van der Waals surface area contributed by atoms with E-state index >= 15 is 0 Å². The minimum absolute atomic E-state index is 0.280. The number of thioether (sulfide) groups is 1. The first-order valence-electron chi connectivity index (χ1n) is 4.71. The van der Waals surface area contributed by atoms with E-state index in [0.717, 1.165) is 18.6 Å². The lowest BCUT2D eigenvalue weighted by atomic mass is 10.3. The highest BCUT2D eigenvalue weighted by atomic mass is 32.2. The molecule has 0 unspecified atom stereocenters. The molecule has 0 radical (unpaired) electrons. The predicted molar refractivity (Wildman–Crippen MR) is 59.5 cm³/mol. The lowest BCUT2D eigenvalue weighted by Crippen LogP contribution is -1.99. The monoisotopic (exact) mass is 214 g/mol. The van der Waals surface area contributed by atoms with E-state index < -0.39 is 0 Å². The summed E-state index contributed by atoms with van der Waals surface area (Å²) in [5.74, 6) is 1.22. The highest BCUT2D eigenvalue weighted by Crippen LogP contribution is 2.15. The molecule has 0 aliphatic carbocycles. The molecule has 0 N–H and O–H groups in total. The van der Waals surface area contributed by atoms with E-state index in [-0.39, 0.29) is 5.82 Å². The maximum absolute atomic E-state index is 13.0. The number of hydrogen-bond donors (Lipinski definition) is 0. The normalized spacial score (nSPS) is 10.1. The largest absolute Gasteiger partial charge is 0.491 e. The molecule has 0 saturated carbocycles. The van der Waals surface area contributed by atoms with Crippen molar-refractivity contribution in [3.63, 3.8) is 0 Å². The van der Waals surface area contributed by atoms with Crippen LogP contribution in [-0.2, 0) is 0 Å². The fraction of sp³-hybridized carbons (Fsp3) is 0.455. The van der Waals surface area contributed by atoms with Gasteiger partial charge in [-0.05, 0) is 37.0 Å². The average molecular weight is 214 g/mol. The van der Waals surface area contributed by atoms with Crippen LogP contribution in [0, 0.1) is 5.82 Å². The van der Waals surface area contributed by atoms with E-state index in [1.54, 1.807) is 18.2 Å². The van der Waals surface area contributed by atoms with Crippen LogP contribution in [0.5, 0.6) is 5.75 Å². The maximum Gasteiger partial charge on any atom is 0.165 e. The van der Waals surface area contributed by atoms with Gasteiger partial charge in [-0.15, -0.1) is 0 Å². The van der Waals surface area contributed by atoms with Gasteiger partial charge in [0, 0.05) is 0 Å². The summed E-state index contributed by atoms with van der Waals surface area (Å²) >= 11 is 1.82. The Bertz CT molecular complexity index is 265. The van der Waals surface area contributed by atoms with Crippen molar-refractivity contribution in [3.8, 4) is 5.75 Å². The maximum atomic E-state index is 13.0. The number of unbranched alkanes of at least 4 members (excludes halogenated alkanes) is 1. The molecule has 0 fully saturated rings. The molecule has 0 atom stereocenters. The second-order valence-corrected chi connectivity index (χ2v) is 3.96. The van der Waals surface area contributed by atoms with Crippen LogP contribution >= 0.6 is 11.8 Å². The van der Waals surface area contributed by atoms with Crippen molar-refractivity contribution in [1.82, 2.24) is 0 Å². The first-order chi connectivity index (χ1) is 6.84. The number of ether oxygens (including phenoxy) is 1. The third kappa shape index (κ3) is 4.01. The standard InChI is InChI=1S/C11H15FOS/c1-14-9-5-4-8-13-11-7-3-2-6-10(11)12/h2-3,6-7H,4-5,8-9H2,1H3. The van der Waals surface area contributed by atoms with Crippen molar-refractivity contribution >= 4 is 11.8 Å². The quantitative estimate of drug-likeness (QED) is 0.672. The van der Waals surface area contributed by atoms with Crippen LogP contribution in [0.3, 0.4) is 0 Å². The summed E-state index contributed by atoms with van der Waals surface area (Å²) in [5.41, 5.74) is 0.